The van der Waals surface area contributed by atoms with E-state index >= 15 is 0 Å². The summed E-state index contributed by atoms with van der Waals surface area (Å²) in [6, 6.07) is 0. The summed E-state index contributed by atoms with van der Waals surface area (Å²) in [5.74, 6) is 0.359. The monoisotopic (exact) mass is 362 g/mol. The van der Waals surface area contributed by atoms with Gasteiger partial charge < -0.3 is 9.47 Å². The molecule has 0 radical (unpaired) electrons. The van der Waals surface area contributed by atoms with Crippen molar-refractivity contribution in [3.05, 3.63) is 23.8 Å². The van der Waals surface area contributed by atoms with E-state index in [0.29, 0.717) is 30.5 Å². The van der Waals surface area contributed by atoms with Gasteiger partial charge in [-0.15, -0.1) is 0 Å². The van der Waals surface area contributed by atoms with Gasteiger partial charge in [-0.1, -0.05) is 59.0 Å². The molecule has 0 saturated heterocycles. The number of esters is 2. The van der Waals surface area contributed by atoms with Crippen molar-refractivity contribution in [3.8, 4) is 0 Å². The summed E-state index contributed by atoms with van der Waals surface area (Å²) >= 11 is 0. The van der Waals surface area contributed by atoms with E-state index < -0.39 is 11.9 Å². The van der Waals surface area contributed by atoms with Crippen LogP contribution in [-0.4, -0.2) is 25.2 Å². The maximum Gasteiger partial charge on any atom is 0.331 e. The average Bonchev–Trinajstić information content (AvgIpc) is 2.64. The molecule has 0 spiro atoms. The minimum Gasteiger partial charge on any atom is -0.463 e. The number of hydrogen-bond acceptors (Lipinski definition) is 4. The van der Waals surface area contributed by atoms with E-state index in [2.05, 4.69) is 26.8 Å². The van der Waals surface area contributed by atoms with Gasteiger partial charge in [-0.2, -0.15) is 0 Å². The number of carbonyl (C=O) groups is 2. The second-order valence-corrected chi connectivity index (χ2v) is 8.27. The quantitative estimate of drug-likeness (QED) is 0.225. The molecule has 3 aliphatic carbocycles. The molecule has 0 aliphatic heterocycles. The molecule has 0 aromatic rings. The average molecular weight is 363 g/mol. The van der Waals surface area contributed by atoms with Crippen molar-refractivity contribution in [1.82, 2.24) is 0 Å². The predicted molar refractivity (Wildman–Crippen MR) is 103 cm³/mol. The van der Waals surface area contributed by atoms with Crippen molar-refractivity contribution in [2.45, 2.75) is 72.1 Å². The van der Waals surface area contributed by atoms with E-state index in [0.717, 1.165) is 31.4 Å². The highest BCUT2D eigenvalue weighted by Gasteiger charge is 2.49. The Morgan fingerprint density at radius 2 is 1.73 bits per heavy atom. The van der Waals surface area contributed by atoms with Crippen LogP contribution in [0.15, 0.2) is 23.8 Å². The van der Waals surface area contributed by atoms with Crippen molar-refractivity contribution in [3.63, 3.8) is 0 Å². The maximum absolute atomic E-state index is 11.7. The summed E-state index contributed by atoms with van der Waals surface area (Å²) in [5.41, 5.74) is 1.60. The number of allylic oxidation sites excluding steroid dienone is 1. The minimum absolute atomic E-state index is 0.332. The van der Waals surface area contributed by atoms with Crippen LogP contribution in [0.1, 0.15) is 72.1 Å². The van der Waals surface area contributed by atoms with Crippen LogP contribution in [0, 0.1) is 17.3 Å². The second kappa shape index (κ2) is 9.94. The Morgan fingerprint density at radius 1 is 1.08 bits per heavy atom. The number of hydrogen-bond donors (Lipinski definition) is 0. The van der Waals surface area contributed by atoms with Gasteiger partial charge in [0, 0.05) is 12.2 Å². The van der Waals surface area contributed by atoms with Gasteiger partial charge >= 0.3 is 11.9 Å². The Balaban J connectivity index is 1.55. The van der Waals surface area contributed by atoms with Gasteiger partial charge in [0.25, 0.3) is 0 Å². The minimum atomic E-state index is -0.485. The molecule has 0 heterocycles. The first-order chi connectivity index (χ1) is 12.4. The number of rotatable bonds is 11. The van der Waals surface area contributed by atoms with Crippen LogP contribution in [0.3, 0.4) is 0 Å². The first kappa shape index (κ1) is 20.7. The fourth-order valence-corrected chi connectivity index (χ4v) is 3.91. The summed E-state index contributed by atoms with van der Waals surface area (Å²) < 4.78 is 10.3. The van der Waals surface area contributed by atoms with Gasteiger partial charge in [0.1, 0.15) is 6.61 Å². The molecule has 0 aromatic carbocycles. The Kier molecular flexibility index (Phi) is 7.92. The number of unbranched alkanes of at least 4 members (excludes halogenated alkanes) is 5. The zero-order valence-corrected chi connectivity index (χ0v) is 16.6. The topological polar surface area (TPSA) is 52.6 Å². The number of fused-ring (bicyclic) bond motifs is 1. The fraction of sp³-hybridized carbons (Fsp3) is 0.727. The zero-order valence-electron chi connectivity index (χ0n) is 16.6. The standard InChI is InChI=1S/C22H34O4/c1-4-5-6-7-8-9-12-25-20(23)10-11-21(24)26-16-17-13-18-15-19(14-17)22(18,2)3/h10-11,13,18-19H,4-9,12,14-16H2,1-3H3/b11-10+. The number of ether oxygens (including phenoxy) is 2. The number of carbonyl (C=O) groups excluding carboxylic acids is 2. The third-order valence-corrected chi connectivity index (χ3v) is 5.99. The smallest absolute Gasteiger partial charge is 0.331 e. The van der Waals surface area contributed by atoms with Gasteiger partial charge in [-0.25, -0.2) is 9.59 Å². The molecule has 2 atom stereocenters. The van der Waals surface area contributed by atoms with Gasteiger partial charge in [0.15, 0.2) is 0 Å². The van der Waals surface area contributed by atoms with E-state index in [1.807, 2.05) is 0 Å². The van der Waals surface area contributed by atoms with E-state index in [1.54, 1.807) is 0 Å². The van der Waals surface area contributed by atoms with Gasteiger partial charge in [-0.3, -0.25) is 0 Å². The highest BCUT2D eigenvalue weighted by Crippen LogP contribution is 2.57. The molecule has 26 heavy (non-hydrogen) atoms. The van der Waals surface area contributed by atoms with Crippen LogP contribution in [0.4, 0.5) is 0 Å². The molecule has 0 N–H and O–H groups in total. The van der Waals surface area contributed by atoms with E-state index in [4.69, 9.17) is 9.47 Å². The van der Waals surface area contributed by atoms with Crippen molar-refractivity contribution in [1.29, 1.82) is 0 Å². The molecule has 0 aromatic heterocycles. The Morgan fingerprint density at radius 3 is 2.35 bits per heavy atom. The molecule has 146 valence electrons. The molecule has 4 nitrogen and oxygen atoms in total. The first-order valence-corrected chi connectivity index (χ1v) is 10.1. The molecule has 4 heteroatoms. The second-order valence-electron chi connectivity index (χ2n) is 8.27. The van der Waals surface area contributed by atoms with Crippen LogP contribution >= 0.6 is 0 Å². The third kappa shape index (κ3) is 6.00. The third-order valence-electron chi connectivity index (χ3n) is 5.99. The lowest BCUT2D eigenvalue weighted by atomic mass is 9.50. The maximum atomic E-state index is 11.7. The van der Waals surface area contributed by atoms with E-state index in [1.165, 1.54) is 37.7 Å². The van der Waals surface area contributed by atoms with Crippen LogP contribution in [0.2, 0.25) is 0 Å². The zero-order chi connectivity index (χ0) is 19.0. The molecule has 3 aliphatic rings. The molecule has 2 unspecified atom stereocenters. The molecular weight excluding hydrogens is 328 g/mol. The molecule has 0 amide bonds. The normalized spacial score (nSPS) is 23.3. The largest absolute Gasteiger partial charge is 0.463 e. The summed E-state index contributed by atoms with van der Waals surface area (Å²) in [5, 5.41) is 0. The molecule has 3 rings (SSSR count). The summed E-state index contributed by atoms with van der Waals surface area (Å²) in [6.45, 7) is 7.55. The van der Waals surface area contributed by atoms with Crippen LogP contribution in [0.5, 0.6) is 0 Å². The van der Waals surface area contributed by atoms with Gasteiger partial charge in [0.05, 0.1) is 6.61 Å². The van der Waals surface area contributed by atoms with Crippen molar-refractivity contribution in [2.24, 2.45) is 17.3 Å². The van der Waals surface area contributed by atoms with Crippen LogP contribution < -0.4 is 0 Å². The molecule has 1 saturated carbocycles. The first-order valence-electron chi connectivity index (χ1n) is 10.1. The summed E-state index contributed by atoms with van der Waals surface area (Å²) in [4.78, 5) is 23.3. The summed E-state index contributed by atoms with van der Waals surface area (Å²) in [6.07, 6.45) is 13.7. The highest BCUT2D eigenvalue weighted by molar-refractivity contribution is 5.91. The molecule has 2 bridgehead atoms. The molecule has 1 fully saturated rings. The van der Waals surface area contributed by atoms with Gasteiger partial charge in [-0.05, 0) is 42.1 Å². The van der Waals surface area contributed by atoms with Crippen molar-refractivity contribution < 1.29 is 19.1 Å². The van der Waals surface area contributed by atoms with Crippen molar-refractivity contribution in [2.75, 3.05) is 13.2 Å². The molecular formula is C22H34O4. The lowest BCUT2D eigenvalue weighted by molar-refractivity contribution is -0.140. The Hall–Kier alpha value is -1.58. The van der Waals surface area contributed by atoms with E-state index in [-0.39, 0.29) is 0 Å². The summed E-state index contributed by atoms with van der Waals surface area (Å²) in [7, 11) is 0. The van der Waals surface area contributed by atoms with Crippen LogP contribution in [-0.2, 0) is 19.1 Å². The van der Waals surface area contributed by atoms with Gasteiger partial charge in [0.2, 0.25) is 0 Å². The predicted octanol–water partition coefficient (Wildman–Crippen LogP) is 4.98. The van der Waals surface area contributed by atoms with E-state index in [9.17, 15) is 9.59 Å². The highest BCUT2D eigenvalue weighted by atomic mass is 16.5. The van der Waals surface area contributed by atoms with Crippen LogP contribution in [0.25, 0.3) is 0 Å². The SMILES string of the molecule is CCCCCCCCOC(=O)/C=C/C(=O)OCC1=CC2CC(C1)C2(C)C. The van der Waals surface area contributed by atoms with Crippen molar-refractivity contribution >= 4 is 11.9 Å². The Bertz CT molecular complexity index is 544. The Labute approximate surface area is 158 Å². The lowest BCUT2D eigenvalue weighted by Crippen LogP contribution is -2.47. The lowest BCUT2D eigenvalue weighted by Gasteiger charge is -2.55. The fourth-order valence-electron chi connectivity index (χ4n) is 3.91.